The van der Waals surface area contributed by atoms with Crippen LogP contribution in [0.25, 0.3) is 0 Å². The van der Waals surface area contributed by atoms with E-state index in [4.69, 9.17) is 9.47 Å². The SMILES string of the molecule is C=C/C=C(C)\C=C/COCCN1CCOCC1. The smallest absolute Gasteiger partial charge is 0.0651 e. The molecule has 0 bridgehead atoms. The number of rotatable bonds is 7. The highest BCUT2D eigenvalue weighted by Gasteiger charge is 2.08. The Hall–Kier alpha value is -0.900. The van der Waals surface area contributed by atoms with E-state index in [2.05, 4.69) is 17.6 Å². The van der Waals surface area contributed by atoms with Crippen LogP contribution in [0.5, 0.6) is 0 Å². The second-order valence-corrected chi connectivity index (χ2v) is 4.08. The molecule has 1 rings (SSSR count). The molecule has 17 heavy (non-hydrogen) atoms. The third-order valence-corrected chi connectivity index (χ3v) is 2.63. The molecule has 0 amide bonds. The summed E-state index contributed by atoms with van der Waals surface area (Å²) in [6, 6.07) is 0. The van der Waals surface area contributed by atoms with E-state index in [1.54, 1.807) is 6.08 Å². The second-order valence-electron chi connectivity index (χ2n) is 4.08. The molecule has 1 saturated heterocycles. The van der Waals surface area contributed by atoms with E-state index in [1.807, 2.05) is 19.1 Å². The van der Waals surface area contributed by atoms with E-state index in [9.17, 15) is 0 Å². The highest BCUT2D eigenvalue weighted by atomic mass is 16.5. The normalized spacial score (nSPS) is 18.8. The standard InChI is InChI=1S/C14H23NO2/c1-3-5-14(2)6-4-10-16-11-7-15-8-12-17-13-9-15/h3-6H,1,7-13H2,2H3/b6-4-,14-5-. The average molecular weight is 237 g/mol. The summed E-state index contributed by atoms with van der Waals surface area (Å²) >= 11 is 0. The minimum Gasteiger partial charge on any atom is -0.379 e. The minimum absolute atomic E-state index is 0.673. The maximum absolute atomic E-state index is 5.54. The molecule has 1 aliphatic heterocycles. The van der Waals surface area contributed by atoms with Gasteiger partial charge in [0.2, 0.25) is 0 Å². The lowest BCUT2D eigenvalue weighted by atomic mass is 10.2. The molecule has 3 nitrogen and oxygen atoms in total. The largest absolute Gasteiger partial charge is 0.379 e. The number of hydrogen-bond donors (Lipinski definition) is 0. The Kier molecular flexibility index (Phi) is 7.63. The van der Waals surface area contributed by atoms with Crippen LogP contribution in [0.3, 0.4) is 0 Å². The van der Waals surface area contributed by atoms with Gasteiger partial charge in [-0.3, -0.25) is 4.90 Å². The first kappa shape index (κ1) is 14.2. The fourth-order valence-electron chi connectivity index (χ4n) is 1.65. The van der Waals surface area contributed by atoms with Gasteiger partial charge in [0.25, 0.3) is 0 Å². The van der Waals surface area contributed by atoms with Crippen molar-refractivity contribution in [1.29, 1.82) is 0 Å². The predicted octanol–water partition coefficient (Wildman–Crippen LogP) is 2.02. The topological polar surface area (TPSA) is 21.7 Å². The summed E-state index contributed by atoms with van der Waals surface area (Å²) in [5.41, 5.74) is 1.19. The Balaban J connectivity index is 2.00. The van der Waals surface area contributed by atoms with E-state index in [0.29, 0.717) is 6.61 Å². The van der Waals surface area contributed by atoms with Crippen LogP contribution in [-0.4, -0.2) is 51.0 Å². The molecule has 0 unspecified atom stereocenters. The van der Waals surface area contributed by atoms with Crippen molar-refractivity contribution in [1.82, 2.24) is 4.90 Å². The first-order chi connectivity index (χ1) is 8.33. The van der Waals surface area contributed by atoms with Gasteiger partial charge in [-0.1, -0.05) is 36.5 Å². The van der Waals surface area contributed by atoms with E-state index >= 15 is 0 Å². The van der Waals surface area contributed by atoms with E-state index in [-0.39, 0.29) is 0 Å². The summed E-state index contributed by atoms with van der Waals surface area (Å²) in [6.45, 7) is 11.9. The van der Waals surface area contributed by atoms with Crippen LogP contribution >= 0.6 is 0 Å². The van der Waals surface area contributed by atoms with Crippen LogP contribution < -0.4 is 0 Å². The van der Waals surface area contributed by atoms with Gasteiger partial charge in [-0.2, -0.15) is 0 Å². The zero-order chi connectivity index (χ0) is 12.3. The summed E-state index contributed by atoms with van der Waals surface area (Å²) in [4.78, 5) is 2.37. The molecular formula is C14H23NO2. The number of allylic oxidation sites excluding steroid dienone is 4. The summed E-state index contributed by atoms with van der Waals surface area (Å²) in [6.07, 6.45) is 7.86. The molecule has 1 heterocycles. The van der Waals surface area contributed by atoms with E-state index in [1.165, 1.54) is 5.57 Å². The predicted molar refractivity (Wildman–Crippen MR) is 71.2 cm³/mol. The molecule has 0 aliphatic carbocycles. The van der Waals surface area contributed by atoms with Crippen LogP contribution in [-0.2, 0) is 9.47 Å². The molecule has 0 aromatic carbocycles. The Morgan fingerprint density at radius 3 is 2.88 bits per heavy atom. The van der Waals surface area contributed by atoms with Crippen molar-refractivity contribution < 1.29 is 9.47 Å². The van der Waals surface area contributed by atoms with Crippen molar-refractivity contribution >= 4 is 0 Å². The van der Waals surface area contributed by atoms with Crippen molar-refractivity contribution in [3.8, 4) is 0 Å². The van der Waals surface area contributed by atoms with Gasteiger partial charge in [0, 0.05) is 19.6 Å². The van der Waals surface area contributed by atoms with Gasteiger partial charge in [-0.25, -0.2) is 0 Å². The molecule has 1 aliphatic rings. The van der Waals surface area contributed by atoms with Crippen LogP contribution in [0.1, 0.15) is 6.92 Å². The average Bonchev–Trinajstić information content (AvgIpc) is 2.35. The number of nitrogens with zero attached hydrogens (tertiary/aromatic N) is 1. The number of morpholine rings is 1. The lowest BCUT2D eigenvalue weighted by molar-refractivity contribution is 0.0234. The molecule has 0 radical (unpaired) electrons. The van der Waals surface area contributed by atoms with E-state index < -0.39 is 0 Å². The fourth-order valence-corrected chi connectivity index (χ4v) is 1.65. The number of ether oxygens (including phenoxy) is 2. The summed E-state index contributed by atoms with van der Waals surface area (Å²) in [5.74, 6) is 0. The third-order valence-electron chi connectivity index (χ3n) is 2.63. The molecule has 1 fully saturated rings. The quantitative estimate of drug-likeness (QED) is 0.499. The number of hydrogen-bond acceptors (Lipinski definition) is 3. The maximum Gasteiger partial charge on any atom is 0.0651 e. The zero-order valence-corrected chi connectivity index (χ0v) is 10.7. The monoisotopic (exact) mass is 237 g/mol. The first-order valence-corrected chi connectivity index (χ1v) is 6.16. The molecule has 0 spiro atoms. The summed E-state index contributed by atoms with van der Waals surface area (Å²) in [7, 11) is 0. The Labute approximate surface area is 104 Å². The molecule has 0 saturated carbocycles. The van der Waals surface area contributed by atoms with E-state index in [0.717, 1.165) is 39.5 Å². The van der Waals surface area contributed by atoms with Gasteiger partial charge >= 0.3 is 0 Å². The Bertz CT molecular complexity index is 265. The maximum atomic E-state index is 5.54. The fraction of sp³-hybridized carbons (Fsp3) is 0.571. The highest BCUT2D eigenvalue weighted by molar-refractivity contribution is 5.20. The van der Waals surface area contributed by atoms with Crippen molar-refractivity contribution in [3.05, 3.63) is 36.5 Å². The van der Waals surface area contributed by atoms with Crippen LogP contribution in [0.4, 0.5) is 0 Å². The Morgan fingerprint density at radius 1 is 1.41 bits per heavy atom. The van der Waals surface area contributed by atoms with Crippen LogP contribution in [0.2, 0.25) is 0 Å². The molecular weight excluding hydrogens is 214 g/mol. The lowest BCUT2D eigenvalue weighted by Gasteiger charge is -2.26. The first-order valence-electron chi connectivity index (χ1n) is 6.16. The minimum atomic E-state index is 0.673. The summed E-state index contributed by atoms with van der Waals surface area (Å²) in [5, 5.41) is 0. The van der Waals surface area contributed by atoms with Gasteiger partial charge in [-0.05, 0) is 6.92 Å². The van der Waals surface area contributed by atoms with Crippen molar-refractivity contribution in [2.45, 2.75) is 6.92 Å². The van der Waals surface area contributed by atoms with Crippen molar-refractivity contribution in [3.63, 3.8) is 0 Å². The zero-order valence-electron chi connectivity index (χ0n) is 10.7. The third kappa shape index (κ3) is 7.10. The molecule has 3 heteroatoms. The van der Waals surface area contributed by atoms with Crippen molar-refractivity contribution in [2.75, 3.05) is 46.1 Å². The van der Waals surface area contributed by atoms with Crippen LogP contribution in [0.15, 0.2) is 36.5 Å². The summed E-state index contributed by atoms with van der Waals surface area (Å²) < 4.78 is 10.8. The second kappa shape index (κ2) is 9.16. The molecule has 0 atom stereocenters. The van der Waals surface area contributed by atoms with Gasteiger partial charge in [0.1, 0.15) is 0 Å². The van der Waals surface area contributed by atoms with Gasteiger partial charge in [-0.15, -0.1) is 0 Å². The van der Waals surface area contributed by atoms with Crippen LogP contribution in [0, 0.1) is 0 Å². The molecule has 0 aromatic heterocycles. The molecule has 96 valence electrons. The molecule has 0 aromatic rings. The van der Waals surface area contributed by atoms with Gasteiger partial charge in [0.05, 0.1) is 26.4 Å². The van der Waals surface area contributed by atoms with Gasteiger partial charge < -0.3 is 9.47 Å². The molecule has 0 N–H and O–H groups in total. The van der Waals surface area contributed by atoms with Gasteiger partial charge in [0.15, 0.2) is 0 Å². The highest BCUT2D eigenvalue weighted by Crippen LogP contribution is 1.97. The lowest BCUT2D eigenvalue weighted by Crippen LogP contribution is -2.38. The van der Waals surface area contributed by atoms with Crippen molar-refractivity contribution in [2.24, 2.45) is 0 Å². The Morgan fingerprint density at radius 2 is 2.18 bits per heavy atom.